The molecule has 4 nitrogen and oxygen atoms in total. The van der Waals surface area contributed by atoms with Crippen molar-refractivity contribution in [2.24, 2.45) is 0 Å². The Morgan fingerprint density at radius 1 is 1.44 bits per heavy atom. The van der Waals surface area contributed by atoms with Gasteiger partial charge in [0.1, 0.15) is 0 Å². The van der Waals surface area contributed by atoms with Crippen LogP contribution in [0.4, 0.5) is 0 Å². The molecule has 0 spiro atoms. The van der Waals surface area contributed by atoms with Gasteiger partial charge in [0.25, 0.3) is 0 Å². The quantitative estimate of drug-likeness (QED) is 0.707. The van der Waals surface area contributed by atoms with E-state index in [0.717, 1.165) is 11.6 Å². The van der Waals surface area contributed by atoms with Crippen molar-refractivity contribution in [3.63, 3.8) is 0 Å². The molecule has 1 rings (SSSR count). The fourth-order valence-corrected chi connectivity index (χ4v) is 2.21. The summed E-state index contributed by atoms with van der Waals surface area (Å²) in [6, 6.07) is 0. The van der Waals surface area contributed by atoms with Crippen molar-refractivity contribution in [3.05, 3.63) is 23.8 Å². The summed E-state index contributed by atoms with van der Waals surface area (Å²) in [7, 11) is 0. The zero-order valence-electron chi connectivity index (χ0n) is 10.2. The van der Waals surface area contributed by atoms with Crippen molar-refractivity contribution in [2.45, 2.75) is 45.2 Å². The SMILES string of the molecule is CC1(C)C=C(/C=C/C(=O)O)CC(C)(C)N1O. The maximum Gasteiger partial charge on any atom is 0.328 e. The molecule has 0 bridgehead atoms. The summed E-state index contributed by atoms with van der Waals surface area (Å²) in [5.41, 5.74) is 0.0544. The zero-order chi connectivity index (χ0) is 12.6. The van der Waals surface area contributed by atoms with E-state index in [1.807, 2.05) is 33.8 Å². The topological polar surface area (TPSA) is 60.8 Å². The normalized spacial score (nSPS) is 24.4. The molecule has 90 valence electrons. The average molecular weight is 225 g/mol. The smallest absolute Gasteiger partial charge is 0.328 e. The van der Waals surface area contributed by atoms with Crippen molar-refractivity contribution in [1.82, 2.24) is 5.06 Å². The van der Waals surface area contributed by atoms with Gasteiger partial charge in [0, 0.05) is 11.6 Å². The van der Waals surface area contributed by atoms with Gasteiger partial charge in [0.05, 0.1) is 5.54 Å². The summed E-state index contributed by atoms with van der Waals surface area (Å²) in [6.45, 7) is 7.64. The lowest BCUT2D eigenvalue weighted by molar-refractivity contribution is -0.213. The van der Waals surface area contributed by atoms with Gasteiger partial charge >= 0.3 is 5.97 Å². The number of aliphatic carboxylic acids is 1. The van der Waals surface area contributed by atoms with Crippen molar-refractivity contribution >= 4 is 5.97 Å². The number of rotatable bonds is 2. The monoisotopic (exact) mass is 225 g/mol. The van der Waals surface area contributed by atoms with Crippen LogP contribution in [0.1, 0.15) is 34.1 Å². The van der Waals surface area contributed by atoms with E-state index in [2.05, 4.69) is 0 Å². The third kappa shape index (κ3) is 2.71. The highest BCUT2D eigenvalue weighted by molar-refractivity contribution is 5.80. The molecule has 0 aliphatic carbocycles. The van der Waals surface area contributed by atoms with Gasteiger partial charge in [-0.3, -0.25) is 0 Å². The molecule has 0 saturated heterocycles. The van der Waals surface area contributed by atoms with E-state index >= 15 is 0 Å². The van der Waals surface area contributed by atoms with Crippen molar-refractivity contribution < 1.29 is 15.1 Å². The standard InChI is InChI=1S/C12H19NO3/c1-11(2)7-9(5-6-10(14)15)8-12(3,4)13(11)16/h5-7,16H,8H2,1-4H3,(H,14,15)/b6-5+. The van der Waals surface area contributed by atoms with Crippen LogP contribution in [0.3, 0.4) is 0 Å². The van der Waals surface area contributed by atoms with Gasteiger partial charge in [-0.05, 0) is 39.7 Å². The average Bonchev–Trinajstić information content (AvgIpc) is 2.10. The largest absolute Gasteiger partial charge is 0.478 e. The first-order valence-electron chi connectivity index (χ1n) is 5.27. The first-order valence-corrected chi connectivity index (χ1v) is 5.27. The Balaban J connectivity index is 3.01. The van der Waals surface area contributed by atoms with Crippen LogP contribution < -0.4 is 0 Å². The van der Waals surface area contributed by atoms with E-state index in [4.69, 9.17) is 5.11 Å². The lowest BCUT2D eigenvalue weighted by atomic mass is 9.83. The Hall–Kier alpha value is -1.13. The van der Waals surface area contributed by atoms with Crippen molar-refractivity contribution in [1.29, 1.82) is 0 Å². The summed E-state index contributed by atoms with van der Waals surface area (Å²) in [6.07, 6.45) is 5.23. The van der Waals surface area contributed by atoms with E-state index in [9.17, 15) is 10.0 Å². The molecule has 16 heavy (non-hydrogen) atoms. The molecule has 0 amide bonds. The molecule has 0 fully saturated rings. The van der Waals surface area contributed by atoms with Gasteiger partial charge in [0.2, 0.25) is 0 Å². The van der Waals surface area contributed by atoms with Crippen LogP contribution in [-0.4, -0.2) is 32.4 Å². The Kier molecular flexibility index (Phi) is 3.26. The second kappa shape index (κ2) is 4.03. The summed E-state index contributed by atoms with van der Waals surface area (Å²) in [4.78, 5) is 10.5. The molecular formula is C12H19NO3. The zero-order valence-corrected chi connectivity index (χ0v) is 10.2. The van der Waals surface area contributed by atoms with E-state index < -0.39 is 17.0 Å². The van der Waals surface area contributed by atoms with Gasteiger partial charge in [-0.2, -0.15) is 5.06 Å². The minimum Gasteiger partial charge on any atom is -0.478 e. The Morgan fingerprint density at radius 2 is 2.00 bits per heavy atom. The van der Waals surface area contributed by atoms with Crippen molar-refractivity contribution in [3.8, 4) is 0 Å². The first-order chi connectivity index (χ1) is 7.15. The molecule has 0 unspecified atom stereocenters. The number of carbonyl (C=O) groups is 1. The minimum atomic E-state index is -0.956. The summed E-state index contributed by atoms with van der Waals surface area (Å²) < 4.78 is 0. The van der Waals surface area contributed by atoms with Crippen molar-refractivity contribution in [2.75, 3.05) is 0 Å². The molecule has 0 aromatic rings. The van der Waals surface area contributed by atoms with Gasteiger partial charge in [-0.15, -0.1) is 0 Å². The fourth-order valence-electron chi connectivity index (χ4n) is 2.21. The highest BCUT2D eigenvalue weighted by atomic mass is 16.5. The van der Waals surface area contributed by atoms with Gasteiger partial charge < -0.3 is 10.3 Å². The highest BCUT2D eigenvalue weighted by Crippen LogP contribution is 2.35. The molecular weight excluding hydrogens is 206 g/mol. The molecule has 0 aromatic carbocycles. The van der Waals surface area contributed by atoms with Crippen LogP contribution in [0.15, 0.2) is 23.8 Å². The Labute approximate surface area is 95.8 Å². The van der Waals surface area contributed by atoms with E-state index in [0.29, 0.717) is 6.42 Å². The van der Waals surface area contributed by atoms with E-state index in [1.165, 1.54) is 5.06 Å². The third-order valence-corrected chi connectivity index (χ3v) is 2.73. The predicted octanol–water partition coefficient (Wildman–Crippen LogP) is 2.21. The number of hydroxylamine groups is 2. The molecule has 0 radical (unpaired) electrons. The number of hydrogen-bond donors (Lipinski definition) is 2. The molecule has 1 aliphatic heterocycles. The van der Waals surface area contributed by atoms with E-state index in [1.54, 1.807) is 6.08 Å². The van der Waals surface area contributed by atoms with Crippen LogP contribution in [0.25, 0.3) is 0 Å². The second-order valence-corrected chi connectivity index (χ2v) is 5.35. The van der Waals surface area contributed by atoms with Crippen LogP contribution in [0.2, 0.25) is 0 Å². The van der Waals surface area contributed by atoms with Gasteiger partial charge in [-0.25, -0.2) is 4.79 Å². The van der Waals surface area contributed by atoms with Gasteiger partial charge in [-0.1, -0.05) is 12.2 Å². The maximum atomic E-state index is 10.5. The van der Waals surface area contributed by atoms with Crippen LogP contribution in [-0.2, 0) is 4.79 Å². The van der Waals surface area contributed by atoms with Crippen LogP contribution in [0, 0.1) is 0 Å². The van der Waals surface area contributed by atoms with E-state index in [-0.39, 0.29) is 0 Å². The second-order valence-electron chi connectivity index (χ2n) is 5.35. The predicted molar refractivity (Wildman–Crippen MR) is 61.3 cm³/mol. The van der Waals surface area contributed by atoms with Crippen LogP contribution >= 0.6 is 0 Å². The lowest BCUT2D eigenvalue weighted by Crippen LogP contribution is -2.55. The first kappa shape index (κ1) is 12.9. The number of nitrogens with zero attached hydrogens (tertiary/aromatic N) is 1. The minimum absolute atomic E-state index is 0.392. The molecule has 0 aromatic heterocycles. The molecule has 1 aliphatic rings. The van der Waals surface area contributed by atoms with Gasteiger partial charge in [0.15, 0.2) is 0 Å². The fraction of sp³-hybridized carbons (Fsp3) is 0.583. The Bertz CT molecular complexity index is 353. The summed E-state index contributed by atoms with van der Waals surface area (Å²) in [5, 5.41) is 19.9. The number of carboxylic acid groups (broad SMARTS) is 1. The Morgan fingerprint density at radius 3 is 2.44 bits per heavy atom. The molecule has 2 N–H and O–H groups in total. The maximum absolute atomic E-state index is 10.5. The molecule has 0 atom stereocenters. The number of carboxylic acids is 1. The molecule has 0 saturated carbocycles. The molecule has 4 heteroatoms. The number of hydrogen-bond acceptors (Lipinski definition) is 3. The highest BCUT2D eigenvalue weighted by Gasteiger charge is 2.39. The molecule has 1 heterocycles. The number of allylic oxidation sites excluding steroid dienone is 1. The van der Waals surface area contributed by atoms with Crippen LogP contribution in [0.5, 0.6) is 0 Å². The summed E-state index contributed by atoms with van der Waals surface area (Å²) in [5.74, 6) is -0.956. The third-order valence-electron chi connectivity index (χ3n) is 2.73. The summed E-state index contributed by atoms with van der Waals surface area (Å²) >= 11 is 0. The lowest BCUT2D eigenvalue weighted by Gasteiger charge is -2.46.